The lowest BCUT2D eigenvalue weighted by Gasteiger charge is -2.21. The molecule has 0 nitrogen and oxygen atoms in total. The van der Waals surface area contributed by atoms with E-state index in [2.05, 4.69) is 89.9 Å². The van der Waals surface area contributed by atoms with Crippen LogP contribution in [-0.2, 0) is 5.41 Å². The van der Waals surface area contributed by atoms with Crippen LogP contribution in [-0.4, -0.2) is 0 Å². The molecule has 0 amide bonds. The van der Waals surface area contributed by atoms with E-state index in [-0.39, 0.29) is 5.41 Å². The molecule has 0 saturated carbocycles. The molecule has 1 aromatic rings. The van der Waals surface area contributed by atoms with E-state index >= 15 is 0 Å². The average Bonchev–Trinajstić information content (AvgIpc) is 2.55. The van der Waals surface area contributed by atoms with Gasteiger partial charge in [0.25, 0.3) is 0 Å². The Morgan fingerprint density at radius 2 is 1.88 bits per heavy atom. The summed E-state index contributed by atoms with van der Waals surface area (Å²) < 4.78 is 2.20. The standard InChI is InChI=1S/C16H17I/c1-4-5-9-15-13(11-17)12-8-6-7-10-14(12)16(15,2)3/h4-11H,1-3H3/b5-4-,13-11+,15-9+. The number of allylic oxidation sites excluding steroid dienone is 5. The maximum absolute atomic E-state index is 2.34. The van der Waals surface area contributed by atoms with Crippen LogP contribution in [0, 0.1) is 0 Å². The molecule has 1 aliphatic rings. The van der Waals surface area contributed by atoms with Crippen LogP contribution in [0.15, 0.2) is 52.1 Å². The zero-order chi connectivity index (χ0) is 12.5. The molecule has 0 fully saturated rings. The third kappa shape index (κ3) is 2.01. The number of rotatable bonds is 1. The largest absolute Gasteiger partial charge is 0.0877 e. The smallest absolute Gasteiger partial charge is 0.0159 e. The first kappa shape index (κ1) is 12.6. The van der Waals surface area contributed by atoms with Crippen molar-refractivity contribution in [1.29, 1.82) is 0 Å². The minimum atomic E-state index is 0.104. The summed E-state index contributed by atoms with van der Waals surface area (Å²) in [5.41, 5.74) is 5.68. The van der Waals surface area contributed by atoms with Crippen molar-refractivity contribution in [2.75, 3.05) is 0 Å². The molecule has 0 unspecified atom stereocenters. The minimum absolute atomic E-state index is 0.104. The molecule has 2 rings (SSSR count). The van der Waals surface area contributed by atoms with Crippen molar-refractivity contribution in [3.8, 4) is 0 Å². The summed E-state index contributed by atoms with van der Waals surface area (Å²) in [4.78, 5) is 0. The van der Waals surface area contributed by atoms with Crippen molar-refractivity contribution in [2.45, 2.75) is 26.2 Å². The predicted octanol–water partition coefficient (Wildman–Crippen LogP) is 5.26. The fraction of sp³-hybridized carbons (Fsp3) is 0.250. The first-order valence-electron chi connectivity index (χ1n) is 5.87. The van der Waals surface area contributed by atoms with E-state index < -0.39 is 0 Å². The highest BCUT2D eigenvalue weighted by Gasteiger charge is 2.37. The Kier molecular flexibility index (Phi) is 3.57. The molecule has 1 heteroatoms. The van der Waals surface area contributed by atoms with Crippen LogP contribution in [0.25, 0.3) is 5.57 Å². The second-order valence-electron chi connectivity index (χ2n) is 4.80. The molecule has 0 radical (unpaired) electrons. The van der Waals surface area contributed by atoms with Crippen molar-refractivity contribution in [3.63, 3.8) is 0 Å². The third-order valence-electron chi connectivity index (χ3n) is 3.42. The van der Waals surface area contributed by atoms with E-state index in [0.29, 0.717) is 0 Å². The van der Waals surface area contributed by atoms with Crippen LogP contribution in [0.4, 0.5) is 0 Å². The van der Waals surface area contributed by atoms with Crippen LogP contribution in [0.5, 0.6) is 0 Å². The fourth-order valence-corrected chi connectivity index (χ4v) is 3.17. The first-order valence-corrected chi connectivity index (χ1v) is 7.11. The molecule has 0 aromatic heterocycles. The van der Waals surface area contributed by atoms with E-state index in [9.17, 15) is 0 Å². The zero-order valence-electron chi connectivity index (χ0n) is 10.5. The van der Waals surface area contributed by atoms with Crippen molar-refractivity contribution >= 4 is 28.2 Å². The summed E-state index contributed by atoms with van der Waals surface area (Å²) in [6, 6.07) is 8.71. The SMILES string of the molecule is C\C=C/C=C1\C(=C\I)c2ccccc2C1(C)C. The summed E-state index contributed by atoms with van der Waals surface area (Å²) in [6.07, 6.45) is 6.45. The highest BCUT2D eigenvalue weighted by atomic mass is 127. The molecular formula is C16H17I. The van der Waals surface area contributed by atoms with Gasteiger partial charge in [-0.3, -0.25) is 0 Å². The Morgan fingerprint density at radius 3 is 2.53 bits per heavy atom. The van der Waals surface area contributed by atoms with E-state index in [1.165, 1.54) is 22.3 Å². The second-order valence-corrected chi connectivity index (χ2v) is 5.42. The Labute approximate surface area is 117 Å². The quantitative estimate of drug-likeness (QED) is 0.614. The molecule has 0 spiro atoms. The molecule has 0 heterocycles. The molecule has 1 aliphatic carbocycles. The molecule has 0 bridgehead atoms. The minimum Gasteiger partial charge on any atom is -0.0877 e. The van der Waals surface area contributed by atoms with Gasteiger partial charge >= 0.3 is 0 Å². The lowest BCUT2D eigenvalue weighted by molar-refractivity contribution is 0.661. The Morgan fingerprint density at radius 1 is 1.18 bits per heavy atom. The number of fused-ring (bicyclic) bond motifs is 1. The molecular weight excluding hydrogens is 319 g/mol. The van der Waals surface area contributed by atoms with Crippen LogP contribution in [0.3, 0.4) is 0 Å². The summed E-state index contributed by atoms with van der Waals surface area (Å²) in [6.45, 7) is 6.65. The van der Waals surface area contributed by atoms with Crippen LogP contribution < -0.4 is 0 Å². The van der Waals surface area contributed by atoms with Gasteiger partial charge in [0.05, 0.1) is 0 Å². The molecule has 88 valence electrons. The first-order chi connectivity index (χ1) is 8.12. The van der Waals surface area contributed by atoms with Crippen LogP contribution in [0.1, 0.15) is 31.9 Å². The second kappa shape index (κ2) is 4.81. The number of halogens is 1. The number of benzene rings is 1. The van der Waals surface area contributed by atoms with Gasteiger partial charge in [0, 0.05) is 5.41 Å². The average molecular weight is 336 g/mol. The van der Waals surface area contributed by atoms with Gasteiger partial charge in [-0.1, -0.05) is 78.9 Å². The van der Waals surface area contributed by atoms with Crippen molar-refractivity contribution < 1.29 is 0 Å². The van der Waals surface area contributed by atoms with Crippen molar-refractivity contribution in [3.05, 3.63) is 63.3 Å². The van der Waals surface area contributed by atoms with Gasteiger partial charge in [-0.15, -0.1) is 0 Å². The van der Waals surface area contributed by atoms with Gasteiger partial charge in [-0.2, -0.15) is 0 Å². The molecule has 1 aromatic carbocycles. The van der Waals surface area contributed by atoms with E-state index in [1.807, 2.05) is 0 Å². The van der Waals surface area contributed by atoms with Crippen LogP contribution in [0.2, 0.25) is 0 Å². The van der Waals surface area contributed by atoms with Crippen molar-refractivity contribution in [2.24, 2.45) is 0 Å². The van der Waals surface area contributed by atoms with Gasteiger partial charge in [0.15, 0.2) is 0 Å². The maximum atomic E-state index is 2.34. The van der Waals surface area contributed by atoms with Gasteiger partial charge in [-0.25, -0.2) is 0 Å². The van der Waals surface area contributed by atoms with Crippen LogP contribution >= 0.6 is 22.6 Å². The molecule has 0 saturated heterocycles. The summed E-state index contributed by atoms with van der Waals surface area (Å²) in [5, 5.41) is 0. The van der Waals surface area contributed by atoms with Gasteiger partial charge < -0.3 is 0 Å². The zero-order valence-corrected chi connectivity index (χ0v) is 12.7. The summed E-state index contributed by atoms with van der Waals surface area (Å²) in [7, 11) is 0. The fourth-order valence-electron chi connectivity index (χ4n) is 2.50. The van der Waals surface area contributed by atoms with E-state index in [0.717, 1.165) is 0 Å². The summed E-state index contributed by atoms with van der Waals surface area (Å²) in [5.74, 6) is 0. The number of hydrogen-bond donors (Lipinski definition) is 0. The normalized spacial score (nSPS) is 22.6. The van der Waals surface area contributed by atoms with Gasteiger partial charge in [0.1, 0.15) is 0 Å². The molecule has 0 atom stereocenters. The molecule has 17 heavy (non-hydrogen) atoms. The van der Waals surface area contributed by atoms with Gasteiger partial charge in [-0.05, 0) is 33.3 Å². The third-order valence-corrected chi connectivity index (χ3v) is 4.04. The Hall–Kier alpha value is -0.830. The summed E-state index contributed by atoms with van der Waals surface area (Å²) >= 11 is 2.34. The van der Waals surface area contributed by atoms with E-state index in [4.69, 9.17) is 0 Å². The maximum Gasteiger partial charge on any atom is 0.0159 e. The Balaban J connectivity index is 2.68. The molecule has 0 aliphatic heterocycles. The van der Waals surface area contributed by atoms with Crippen molar-refractivity contribution in [1.82, 2.24) is 0 Å². The van der Waals surface area contributed by atoms with Gasteiger partial charge in [0.2, 0.25) is 0 Å². The topological polar surface area (TPSA) is 0 Å². The monoisotopic (exact) mass is 336 g/mol. The predicted molar refractivity (Wildman–Crippen MR) is 84.4 cm³/mol. The number of hydrogen-bond acceptors (Lipinski definition) is 0. The highest BCUT2D eigenvalue weighted by Crippen LogP contribution is 2.49. The molecule has 0 N–H and O–H groups in total. The lowest BCUT2D eigenvalue weighted by Crippen LogP contribution is -2.14. The van der Waals surface area contributed by atoms with E-state index in [1.54, 1.807) is 0 Å². The Bertz CT molecular complexity index is 516. The highest BCUT2D eigenvalue weighted by molar-refractivity contribution is 14.1. The lowest BCUT2D eigenvalue weighted by atomic mass is 9.82.